The van der Waals surface area contributed by atoms with Crippen molar-refractivity contribution in [3.8, 4) is 0 Å². The van der Waals surface area contributed by atoms with Gasteiger partial charge in [-0.25, -0.2) is 0 Å². The highest BCUT2D eigenvalue weighted by atomic mass is 127. The van der Waals surface area contributed by atoms with Crippen molar-refractivity contribution >= 4 is 22.6 Å². The number of morpholine rings is 1. The van der Waals surface area contributed by atoms with Gasteiger partial charge in [0.15, 0.2) is 0 Å². The molecule has 1 saturated heterocycles. The van der Waals surface area contributed by atoms with Crippen molar-refractivity contribution in [1.29, 1.82) is 0 Å². The minimum absolute atomic E-state index is 0.357. The third-order valence-corrected chi connectivity index (χ3v) is 2.43. The van der Waals surface area contributed by atoms with Crippen LogP contribution in [0.2, 0.25) is 0 Å². The molecule has 1 aliphatic heterocycles. The summed E-state index contributed by atoms with van der Waals surface area (Å²) in [5.41, 5.74) is 0. The van der Waals surface area contributed by atoms with Crippen LogP contribution in [0.4, 0.5) is 0 Å². The van der Waals surface area contributed by atoms with Crippen LogP contribution in [0.3, 0.4) is 0 Å². The zero-order valence-electron chi connectivity index (χ0n) is 6.22. The van der Waals surface area contributed by atoms with Crippen molar-refractivity contribution in [2.75, 3.05) is 19.7 Å². The van der Waals surface area contributed by atoms with E-state index >= 15 is 0 Å². The Hall–Kier alpha value is 0.650. The average molecular weight is 254 g/mol. The number of ether oxygens (including phenoxy) is 1. The monoisotopic (exact) mass is 254 g/mol. The molecule has 1 radical (unpaired) electrons. The summed E-state index contributed by atoms with van der Waals surface area (Å²) in [4.78, 5) is 2.33. The van der Waals surface area contributed by atoms with Gasteiger partial charge in [0.2, 0.25) is 0 Å². The van der Waals surface area contributed by atoms with Gasteiger partial charge in [-0.05, 0) is 36.4 Å². The van der Waals surface area contributed by atoms with E-state index in [-0.39, 0.29) is 0 Å². The predicted octanol–water partition coefficient (Wildman–Crippen LogP) is 1.30. The molecule has 0 aromatic carbocycles. The molecular formula is C7H13INO. The van der Waals surface area contributed by atoms with E-state index in [0.717, 1.165) is 19.7 Å². The van der Waals surface area contributed by atoms with Crippen LogP contribution in [-0.2, 0) is 4.74 Å². The van der Waals surface area contributed by atoms with E-state index in [4.69, 9.17) is 4.74 Å². The van der Waals surface area contributed by atoms with Crippen molar-refractivity contribution in [3.05, 3.63) is 6.92 Å². The molecule has 0 saturated carbocycles. The Balaban J connectivity index is 2.32. The minimum Gasteiger partial charge on any atom is -0.365 e. The first-order valence-electron chi connectivity index (χ1n) is 3.53. The van der Waals surface area contributed by atoms with Gasteiger partial charge in [0, 0.05) is 19.1 Å². The normalized spacial score (nSPS) is 29.4. The maximum Gasteiger partial charge on any atom is 0.121 e. The predicted molar refractivity (Wildman–Crippen MR) is 50.2 cm³/mol. The van der Waals surface area contributed by atoms with Crippen LogP contribution >= 0.6 is 22.6 Å². The Morgan fingerprint density at radius 1 is 1.80 bits per heavy atom. The second-order valence-corrected chi connectivity index (χ2v) is 4.01. The van der Waals surface area contributed by atoms with Gasteiger partial charge in [-0.15, -0.1) is 0 Å². The van der Waals surface area contributed by atoms with Crippen LogP contribution in [0, 0.1) is 6.92 Å². The molecule has 2 nitrogen and oxygen atoms in total. The van der Waals surface area contributed by atoms with E-state index in [1.54, 1.807) is 0 Å². The van der Waals surface area contributed by atoms with Crippen LogP contribution in [0.25, 0.3) is 0 Å². The summed E-state index contributed by atoms with van der Waals surface area (Å²) >= 11 is 2.31. The first-order chi connectivity index (χ1) is 4.70. The lowest BCUT2D eigenvalue weighted by atomic mass is 10.3. The van der Waals surface area contributed by atoms with Crippen molar-refractivity contribution in [1.82, 2.24) is 4.90 Å². The van der Waals surface area contributed by atoms with Gasteiger partial charge in [0.25, 0.3) is 0 Å². The van der Waals surface area contributed by atoms with Gasteiger partial charge < -0.3 is 4.74 Å². The fourth-order valence-electron chi connectivity index (χ4n) is 1.03. The molecule has 0 aromatic heterocycles. The van der Waals surface area contributed by atoms with E-state index in [1.807, 2.05) is 0 Å². The Morgan fingerprint density at radius 3 is 2.90 bits per heavy atom. The van der Waals surface area contributed by atoms with Gasteiger partial charge in [-0.1, -0.05) is 0 Å². The molecule has 59 valence electrons. The molecular weight excluding hydrogens is 241 g/mol. The number of rotatable bonds is 1. The van der Waals surface area contributed by atoms with Crippen LogP contribution in [-0.4, -0.2) is 34.7 Å². The molecule has 2 atom stereocenters. The van der Waals surface area contributed by atoms with Crippen LogP contribution in [0.15, 0.2) is 0 Å². The first kappa shape index (κ1) is 8.74. The Morgan fingerprint density at radius 2 is 2.50 bits per heavy atom. The quantitative estimate of drug-likeness (QED) is 0.516. The lowest BCUT2D eigenvalue weighted by Gasteiger charge is -2.32. The third-order valence-electron chi connectivity index (χ3n) is 1.68. The van der Waals surface area contributed by atoms with Crippen molar-refractivity contribution in [2.45, 2.75) is 17.1 Å². The molecule has 2 unspecified atom stereocenters. The highest BCUT2D eigenvalue weighted by molar-refractivity contribution is 14.1. The Labute approximate surface area is 76.1 Å². The molecule has 0 spiro atoms. The van der Waals surface area contributed by atoms with Crippen molar-refractivity contribution in [2.24, 2.45) is 0 Å². The summed E-state index contributed by atoms with van der Waals surface area (Å²) in [6, 6.07) is 0.418. The van der Waals surface area contributed by atoms with Gasteiger partial charge in [0.05, 0.1) is 6.61 Å². The zero-order valence-corrected chi connectivity index (χ0v) is 8.37. The summed E-state index contributed by atoms with van der Waals surface area (Å²) in [6.45, 7) is 8.99. The van der Waals surface area contributed by atoms with E-state index in [2.05, 4.69) is 41.3 Å². The largest absolute Gasteiger partial charge is 0.365 e. The van der Waals surface area contributed by atoms with E-state index in [9.17, 15) is 0 Å². The van der Waals surface area contributed by atoms with Crippen molar-refractivity contribution < 1.29 is 4.74 Å². The van der Waals surface area contributed by atoms with Gasteiger partial charge in [-0.3, -0.25) is 4.90 Å². The topological polar surface area (TPSA) is 12.5 Å². The summed E-state index contributed by atoms with van der Waals surface area (Å²) in [6.07, 6.45) is 0. The summed E-state index contributed by atoms with van der Waals surface area (Å²) < 4.78 is 5.73. The zero-order chi connectivity index (χ0) is 7.56. The first-order valence-corrected chi connectivity index (χ1v) is 4.77. The van der Waals surface area contributed by atoms with Gasteiger partial charge >= 0.3 is 0 Å². The van der Waals surface area contributed by atoms with Crippen LogP contribution in [0.5, 0.6) is 0 Å². The Bertz CT molecular complexity index is 108. The number of alkyl halides is 1. The van der Waals surface area contributed by atoms with Crippen LogP contribution in [0.1, 0.15) is 6.92 Å². The fourth-order valence-corrected chi connectivity index (χ4v) is 1.79. The summed E-state index contributed by atoms with van der Waals surface area (Å²) in [5, 5.41) is 0. The van der Waals surface area contributed by atoms with Gasteiger partial charge in [-0.2, -0.15) is 0 Å². The molecule has 1 fully saturated rings. The molecule has 0 aliphatic carbocycles. The molecule has 0 aromatic rings. The number of hydrogen-bond donors (Lipinski definition) is 0. The molecule has 3 heteroatoms. The van der Waals surface area contributed by atoms with Gasteiger partial charge in [0.1, 0.15) is 4.11 Å². The van der Waals surface area contributed by atoms with Crippen LogP contribution < -0.4 is 0 Å². The van der Waals surface area contributed by atoms with E-state index in [1.165, 1.54) is 0 Å². The smallest absolute Gasteiger partial charge is 0.121 e. The van der Waals surface area contributed by atoms with Crippen molar-refractivity contribution in [3.63, 3.8) is 0 Å². The summed E-state index contributed by atoms with van der Waals surface area (Å²) in [5.74, 6) is 0. The maximum absolute atomic E-state index is 5.38. The number of nitrogens with zero attached hydrogens (tertiary/aromatic N) is 1. The Kier molecular flexibility index (Phi) is 3.39. The SMILES string of the molecule is [CH2]C(C)N1CCOC(I)C1. The standard InChI is InChI=1S/C7H13INO/c1-6(2)9-3-4-10-7(8)5-9/h6-7H,1,3-5H2,2H3. The fraction of sp³-hybridized carbons (Fsp3) is 0.857. The average Bonchev–Trinajstić information content (AvgIpc) is 1.88. The van der Waals surface area contributed by atoms with E-state index in [0.29, 0.717) is 10.2 Å². The highest BCUT2D eigenvalue weighted by Crippen LogP contribution is 2.12. The molecule has 1 rings (SSSR count). The molecule has 10 heavy (non-hydrogen) atoms. The molecule has 0 amide bonds. The highest BCUT2D eigenvalue weighted by Gasteiger charge is 2.19. The minimum atomic E-state index is 0.357. The second kappa shape index (κ2) is 3.88. The third kappa shape index (κ3) is 2.36. The molecule has 1 heterocycles. The molecule has 1 aliphatic rings. The maximum atomic E-state index is 5.38. The molecule has 0 bridgehead atoms. The summed E-state index contributed by atoms with van der Waals surface area (Å²) in [7, 11) is 0. The lowest BCUT2D eigenvalue weighted by Crippen LogP contribution is -2.43. The molecule has 0 N–H and O–H groups in total. The second-order valence-electron chi connectivity index (χ2n) is 2.62. The van der Waals surface area contributed by atoms with E-state index < -0.39 is 0 Å². The number of hydrogen-bond acceptors (Lipinski definition) is 2. The number of halogens is 1. The lowest BCUT2D eigenvalue weighted by molar-refractivity contribution is 0.0176.